The van der Waals surface area contributed by atoms with Gasteiger partial charge in [-0.15, -0.1) is 0 Å². The van der Waals surface area contributed by atoms with Gasteiger partial charge in [-0.25, -0.2) is 4.98 Å². The first kappa shape index (κ1) is 40.0. The molecule has 0 spiro atoms. The molecule has 7 rings (SSSR count). The van der Waals surface area contributed by atoms with Gasteiger partial charge in [0, 0.05) is 12.8 Å². The molecule has 0 radical (unpaired) electrons. The molecule has 296 valence electrons. The standard InChI is InChI=1S/C48H64N2O4S/c1-8-33(30(2)3)18-17-31(4)38-21-22-39-36-20-19-34-29-35(25-27-47(34,6)40(36)26-28-48(38,39)7)54-43(51)23-24-44(52)55-46-49-41-15-11-10-14-37(41)45(53)50(46)42-16-12-9-13-32(42)5/h9-16,19,30-31,33,35-36,38-40H,8,17-18,20-29H2,1-7H3/t31-,33-,35+,36+,38-,39+,40+,47+,48-/m1/s1. The molecule has 0 saturated heterocycles. The minimum absolute atomic E-state index is 0.0158. The summed E-state index contributed by atoms with van der Waals surface area (Å²) in [6.45, 7) is 16.9. The number of carbonyl (C=O) groups is 2. The fourth-order valence-electron chi connectivity index (χ4n) is 12.2. The van der Waals surface area contributed by atoms with E-state index < -0.39 is 0 Å². The van der Waals surface area contributed by atoms with Crippen LogP contribution in [0.4, 0.5) is 0 Å². The van der Waals surface area contributed by atoms with E-state index in [0.29, 0.717) is 27.2 Å². The molecule has 3 fully saturated rings. The second-order valence-electron chi connectivity index (χ2n) is 18.6. The zero-order valence-electron chi connectivity index (χ0n) is 34.4. The molecule has 3 saturated carbocycles. The van der Waals surface area contributed by atoms with Crippen LogP contribution in [0.3, 0.4) is 0 Å². The average Bonchev–Trinajstić information content (AvgIpc) is 3.52. The zero-order valence-corrected chi connectivity index (χ0v) is 35.3. The van der Waals surface area contributed by atoms with Gasteiger partial charge < -0.3 is 4.74 Å². The lowest BCUT2D eigenvalue weighted by molar-refractivity contribution is -0.152. The molecule has 0 bridgehead atoms. The summed E-state index contributed by atoms with van der Waals surface area (Å²) >= 11 is 0.925. The molecular weight excluding hydrogens is 701 g/mol. The normalized spacial score (nSPS) is 29.9. The van der Waals surface area contributed by atoms with Crippen LogP contribution < -0.4 is 5.56 Å². The highest BCUT2D eigenvalue weighted by molar-refractivity contribution is 8.13. The van der Waals surface area contributed by atoms with E-state index in [-0.39, 0.29) is 41.0 Å². The van der Waals surface area contributed by atoms with E-state index in [1.54, 1.807) is 12.1 Å². The van der Waals surface area contributed by atoms with Crippen LogP contribution in [0.5, 0.6) is 0 Å². The van der Waals surface area contributed by atoms with Crippen LogP contribution in [-0.4, -0.2) is 26.7 Å². The van der Waals surface area contributed by atoms with Gasteiger partial charge in [0.2, 0.25) is 0 Å². The maximum atomic E-state index is 13.7. The van der Waals surface area contributed by atoms with Crippen LogP contribution in [0.25, 0.3) is 16.6 Å². The molecule has 2 aromatic carbocycles. The molecule has 3 aromatic rings. The minimum Gasteiger partial charge on any atom is -0.462 e. The fourth-order valence-corrected chi connectivity index (χ4v) is 13.0. The molecule has 7 heteroatoms. The molecule has 4 aliphatic carbocycles. The zero-order chi connectivity index (χ0) is 39.1. The van der Waals surface area contributed by atoms with Crippen molar-refractivity contribution < 1.29 is 14.3 Å². The molecule has 0 unspecified atom stereocenters. The number of nitrogens with zero attached hydrogens (tertiary/aromatic N) is 2. The third-order valence-corrected chi connectivity index (χ3v) is 16.3. The van der Waals surface area contributed by atoms with Crippen molar-refractivity contribution in [3.8, 4) is 5.69 Å². The van der Waals surface area contributed by atoms with E-state index in [1.165, 1.54) is 61.5 Å². The van der Waals surface area contributed by atoms with Gasteiger partial charge in [0.05, 0.1) is 23.0 Å². The second-order valence-corrected chi connectivity index (χ2v) is 19.6. The largest absolute Gasteiger partial charge is 0.462 e. The first-order valence-corrected chi connectivity index (χ1v) is 22.3. The molecule has 1 heterocycles. The number of thioether (sulfide) groups is 1. The van der Waals surface area contributed by atoms with Gasteiger partial charge in [0.25, 0.3) is 5.56 Å². The summed E-state index contributed by atoms with van der Waals surface area (Å²) in [4.78, 5) is 44.9. The lowest BCUT2D eigenvalue weighted by atomic mass is 9.47. The molecule has 9 atom stereocenters. The number of hydrogen-bond acceptors (Lipinski definition) is 6. The third-order valence-electron chi connectivity index (χ3n) is 15.4. The second kappa shape index (κ2) is 16.3. The molecule has 0 amide bonds. The minimum atomic E-state index is -0.321. The number of para-hydroxylation sites is 2. The van der Waals surface area contributed by atoms with Crippen molar-refractivity contribution >= 4 is 33.7 Å². The fraction of sp³-hybridized carbons (Fsp3) is 0.625. The van der Waals surface area contributed by atoms with E-state index in [1.807, 2.05) is 43.3 Å². The van der Waals surface area contributed by atoms with Crippen LogP contribution in [0.2, 0.25) is 0 Å². The van der Waals surface area contributed by atoms with Crippen LogP contribution in [0.1, 0.15) is 131 Å². The number of aryl methyl sites for hydroxylation is 1. The Morgan fingerprint density at radius 3 is 2.47 bits per heavy atom. The predicted molar refractivity (Wildman–Crippen MR) is 224 cm³/mol. The highest BCUT2D eigenvalue weighted by atomic mass is 32.2. The smallest absolute Gasteiger partial charge is 0.306 e. The van der Waals surface area contributed by atoms with E-state index >= 15 is 0 Å². The van der Waals surface area contributed by atoms with Gasteiger partial charge in [-0.2, -0.15) is 0 Å². The van der Waals surface area contributed by atoms with Gasteiger partial charge in [-0.3, -0.25) is 19.0 Å². The van der Waals surface area contributed by atoms with Crippen molar-refractivity contribution in [3.05, 3.63) is 76.1 Å². The summed E-state index contributed by atoms with van der Waals surface area (Å²) in [5.41, 5.74) is 4.08. The number of aromatic nitrogens is 2. The van der Waals surface area contributed by atoms with Gasteiger partial charge in [0.1, 0.15) is 6.10 Å². The van der Waals surface area contributed by atoms with Gasteiger partial charge in [-0.1, -0.05) is 96.4 Å². The van der Waals surface area contributed by atoms with Crippen LogP contribution >= 0.6 is 11.8 Å². The van der Waals surface area contributed by atoms with E-state index in [2.05, 4.69) is 47.6 Å². The third kappa shape index (κ3) is 7.77. The van der Waals surface area contributed by atoms with E-state index in [9.17, 15) is 14.4 Å². The molecule has 1 aromatic heterocycles. The highest BCUT2D eigenvalue weighted by Crippen LogP contribution is 2.67. The highest BCUT2D eigenvalue weighted by Gasteiger charge is 2.59. The quantitative estimate of drug-likeness (QED) is 0.0791. The summed E-state index contributed by atoms with van der Waals surface area (Å²) < 4.78 is 7.61. The summed E-state index contributed by atoms with van der Waals surface area (Å²) in [7, 11) is 0. The van der Waals surface area contributed by atoms with E-state index in [4.69, 9.17) is 9.72 Å². The Morgan fingerprint density at radius 2 is 1.71 bits per heavy atom. The number of rotatable bonds is 12. The Labute approximate surface area is 333 Å². The molecule has 55 heavy (non-hydrogen) atoms. The Morgan fingerprint density at radius 1 is 0.945 bits per heavy atom. The lowest BCUT2D eigenvalue weighted by Crippen LogP contribution is -2.51. The number of esters is 1. The van der Waals surface area contributed by atoms with Gasteiger partial charge >= 0.3 is 5.97 Å². The van der Waals surface area contributed by atoms with Crippen molar-refractivity contribution in [1.29, 1.82) is 0 Å². The number of fused-ring (bicyclic) bond motifs is 6. The molecule has 6 nitrogen and oxygen atoms in total. The Kier molecular flexibility index (Phi) is 11.9. The summed E-state index contributed by atoms with van der Waals surface area (Å²) in [6.07, 6.45) is 15.9. The number of allylic oxidation sites excluding steroid dienone is 1. The number of benzene rings is 2. The van der Waals surface area contributed by atoms with Crippen molar-refractivity contribution in [1.82, 2.24) is 9.55 Å². The maximum absolute atomic E-state index is 13.7. The molecular formula is C48H64N2O4S. The van der Waals surface area contributed by atoms with Crippen molar-refractivity contribution in [2.75, 3.05) is 0 Å². The first-order valence-electron chi connectivity index (χ1n) is 21.5. The number of carbonyl (C=O) groups excluding carboxylic acids is 2. The number of ether oxygens (including phenoxy) is 1. The molecule has 0 aliphatic heterocycles. The lowest BCUT2D eigenvalue weighted by Gasteiger charge is -2.58. The topological polar surface area (TPSA) is 78.3 Å². The summed E-state index contributed by atoms with van der Waals surface area (Å²) in [5, 5.41) is 0.588. The Bertz CT molecular complexity index is 1980. The summed E-state index contributed by atoms with van der Waals surface area (Å²) in [5.74, 6) is 5.28. The van der Waals surface area contributed by atoms with Crippen molar-refractivity contribution in [2.24, 2.45) is 52.3 Å². The Hall–Kier alpha value is -3.19. The van der Waals surface area contributed by atoms with Crippen molar-refractivity contribution in [3.63, 3.8) is 0 Å². The summed E-state index contributed by atoms with van der Waals surface area (Å²) in [6, 6.07) is 14.8. The van der Waals surface area contributed by atoms with Crippen LogP contribution in [0.15, 0.2) is 70.1 Å². The van der Waals surface area contributed by atoms with Crippen molar-refractivity contribution in [2.45, 2.75) is 143 Å². The monoisotopic (exact) mass is 764 g/mol. The molecule has 0 N–H and O–H groups in total. The SMILES string of the molecule is CC[C@H](CC[C@@H](C)[C@H]1CC[C@H]2[C@@H]3CC=C4C[C@@H](OC(=O)CCC(=O)Sc5nc6ccccc6c(=O)n5-c5ccccc5C)CC[C@]4(C)[C@H]3CC[C@]12C)C(C)C. The van der Waals surface area contributed by atoms with Gasteiger partial charge in [0.15, 0.2) is 10.3 Å². The Balaban J connectivity index is 0.954. The average molecular weight is 765 g/mol. The number of hydrogen-bond donors (Lipinski definition) is 0. The maximum Gasteiger partial charge on any atom is 0.306 e. The van der Waals surface area contributed by atoms with Crippen LogP contribution in [0, 0.1) is 59.2 Å². The van der Waals surface area contributed by atoms with Crippen LogP contribution in [-0.2, 0) is 14.3 Å². The predicted octanol–water partition coefficient (Wildman–Crippen LogP) is 11.7. The first-order chi connectivity index (χ1) is 26.3. The van der Waals surface area contributed by atoms with Gasteiger partial charge in [-0.05, 0) is 146 Å². The van der Waals surface area contributed by atoms with E-state index in [0.717, 1.165) is 78.0 Å². The molecule has 4 aliphatic rings.